The summed E-state index contributed by atoms with van der Waals surface area (Å²) in [5.74, 6) is -1.49. The van der Waals surface area contributed by atoms with Gasteiger partial charge in [0, 0.05) is 37.1 Å². The molecule has 1 aliphatic heterocycles. The molecule has 1 saturated heterocycles. The molecule has 1 amide bonds. The van der Waals surface area contributed by atoms with Gasteiger partial charge in [0.05, 0.1) is 11.2 Å². The zero-order valence-electron chi connectivity index (χ0n) is 19.0. The number of carboxylic acids is 1. The maximum atomic E-state index is 13.1. The molecule has 1 aromatic heterocycles. The number of benzene rings is 1. The number of amides is 1. The van der Waals surface area contributed by atoms with Gasteiger partial charge in [0.15, 0.2) is 0 Å². The van der Waals surface area contributed by atoms with Crippen molar-refractivity contribution in [2.24, 2.45) is 0 Å². The highest BCUT2D eigenvalue weighted by molar-refractivity contribution is 8.26. The molecule has 3 rings (SSSR count). The van der Waals surface area contributed by atoms with Crippen LogP contribution in [0.15, 0.2) is 41.7 Å². The van der Waals surface area contributed by atoms with Gasteiger partial charge in [0.25, 0.3) is 5.91 Å². The Hall–Kier alpha value is -2.65. The van der Waals surface area contributed by atoms with Gasteiger partial charge in [-0.25, -0.2) is 9.78 Å². The minimum Gasteiger partial charge on any atom is -0.480 e. The van der Waals surface area contributed by atoms with Crippen molar-refractivity contribution in [2.45, 2.75) is 52.0 Å². The molecule has 1 atom stereocenters. The Labute approximate surface area is 204 Å². The first-order chi connectivity index (χ1) is 15.9. The Morgan fingerprint density at radius 2 is 1.91 bits per heavy atom. The summed E-state index contributed by atoms with van der Waals surface area (Å²) in [6.45, 7) is 6.45. The van der Waals surface area contributed by atoms with Gasteiger partial charge in [-0.05, 0) is 36.6 Å². The molecule has 0 aliphatic carbocycles. The molecule has 1 aliphatic rings. The van der Waals surface area contributed by atoms with Gasteiger partial charge in [0.1, 0.15) is 10.4 Å². The highest BCUT2D eigenvalue weighted by atomic mass is 32.2. The summed E-state index contributed by atoms with van der Waals surface area (Å²) in [6.07, 6.45) is 9.52. The van der Waals surface area contributed by atoms with Gasteiger partial charge in [0.2, 0.25) is 0 Å². The van der Waals surface area contributed by atoms with Crippen LogP contribution in [0, 0.1) is 0 Å². The van der Waals surface area contributed by atoms with Crippen LogP contribution in [0.5, 0.6) is 0 Å². The highest BCUT2D eigenvalue weighted by Crippen LogP contribution is 2.35. The number of carbonyl (C=O) groups is 2. The molecule has 7 nitrogen and oxygen atoms in total. The number of aliphatic carboxylic acids is 1. The zero-order valence-corrected chi connectivity index (χ0v) is 20.6. The van der Waals surface area contributed by atoms with Crippen LogP contribution in [0.2, 0.25) is 0 Å². The molecular weight excluding hydrogens is 456 g/mol. The van der Waals surface area contributed by atoms with Crippen LogP contribution >= 0.6 is 24.0 Å². The maximum absolute atomic E-state index is 13.1. The monoisotopic (exact) mass is 486 g/mol. The summed E-state index contributed by atoms with van der Waals surface area (Å²) < 4.78 is 0.250. The minimum atomic E-state index is -1.11. The summed E-state index contributed by atoms with van der Waals surface area (Å²) in [5.41, 5.74) is 2.68. The van der Waals surface area contributed by atoms with Crippen LogP contribution in [0.3, 0.4) is 0 Å². The van der Waals surface area contributed by atoms with E-state index >= 15 is 0 Å². The number of carboxylic acid groups (broad SMARTS) is 1. The predicted molar refractivity (Wildman–Crippen MR) is 137 cm³/mol. The van der Waals surface area contributed by atoms with E-state index in [0.29, 0.717) is 10.6 Å². The number of unbranched alkanes of at least 4 members (excludes halogenated alkanes) is 2. The molecule has 1 fully saturated rings. The summed E-state index contributed by atoms with van der Waals surface area (Å²) in [7, 11) is 0. The number of anilines is 1. The van der Waals surface area contributed by atoms with Crippen LogP contribution in [0.4, 0.5) is 5.69 Å². The quantitative estimate of drug-likeness (QED) is 0.332. The molecule has 1 unspecified atom stereocenters. The number of imidazole rings is 1. The van der Waals surface area contributed by atoms with E-state index in [2.05, 4.69) is 40.8 Å². The number of hydrogen-bond donors (Lipinski definition) is 2. The summed E-state index contributed by atoms with van der Waals surface area (Å²) in [5, 5.41) is 9.73. The van der Waals surface area contributed by atoms with E-state index in [1.807, 2.05) is 12.1 Å². The summed E-state index contributed by atoms with van der Waals surface area (Å²) >= 11 is 6.51. The number of nitrogens with zero attached hydrogens (tertiary/aromatic N) is 3. The number of aromatic amines is 1. The van der Waals surface area contributed by atoms with E-state index in [4.69, 9.17) is 12.2 Å². The van der Waals surface area contributed by atoms with Gasteiger partial charge < -0.3 is 15.0 Å². The first-order valence-corrected chi connectivity index (χ1v) is 12.5. The van der Waals surface area contributed by atoms with E-state index in [-0.39, 0.29) is 16.6 Å². The fourth-order valence-corrected chi connectivity index (χ4v) is 5.00. The second kappa shape index (κ2) is 12.0. The van der Waals surface area contributed by atoms with Crippen LogP contribution in [-0.2, 0) is 16.0 Å². The summed E-state index contributed by atoms with van der Waals surface area (Å²) in [4.78, 5) is 35.8. The van der Waals surface area contributed by atoms with Crippen molar-refractivity contribution in [3.8, 4) is 0 Å². The number of hydrogen-bond acceptors (Lipinski definition) is 6. The van der Waals surface area contributed by atoms with Crippen molar-refractivity contribution >= 4 is 51.9 Å². The van der Waals surface area contributed by atoms with Crippen LogP contribution in [0.25, 0.3) is 6.08 Å². The minimum absolute atomic E-state index is 0.106. The maximum Gasteiger partial charge on any atom is 0.327 e. The lowest BCUT2D eigenvalue weighted by molar-refractivity contribution is -0.145. The van der Waals surface area contributed by atoms with E-state index in [9.17, 15) is 14.7 Å². The van der Waals surface area contributed by atoms with Gasteiger partial charge in [-0.3, -0.25) is 9.69 Å². The van der Waals surface area contributed by atoms with Crippen LogP contribution in [-0.4, -0.2) is 55.3 Å². The van der Waals surface area contributed by atoms with E-state index in [1.54, 1.807) is 12.3 Å². The predicted octanol–water partition coefficient (Wildman–Crippen LogP) is 4.71. The van der Waals surface area contributed by atoms with Gasteiger partial charge in [-0.2, -0.15) is 0 Å². The van der Waals surface area contributed by atoms with Crippen molar-refractivity contribution in [2.75, 3.05) is 18.0 Å². The largest absolute Gasteiger partial charge is 0.480 e. The molecule has 33 heavy (non-hydrogen) atoms. The second-order valence-corrected chi connectivity index (χ2v) is 9.65. The smallest absolute Gasteiger partial charge is 0.327 e. The van der Waals surface area contributed by atoms with Gasteiger partial charge in [-0.1, -0.05) is 62.8 Å². The fourth-order valence-electron chi connectivity index (χ4n) is 3.64. The third-order valence-electron chi connectivity index (χ3n) is 5.51. The average molecular weight is 487 g/mol. The normalized spacial score (nSPS) is 15.9. The molecule has 2 aromatic rings. The summed E-state index contributed by atoms with van der Waals surface area (Å²) in [6, 6.07) is 7.06. The Balaban J connectivity index is 1.75. The van der Waals surface area contributed by atoms with Crippen molar-refractivity contribution in [3.63, 3.8) is 0 Å². The van der Waals surface area contributed by atoms with Crippen molar-refractivity contribution in [3.05, 3.63) is 53.0 Å². The lowest BCUT2D eigenvalue weighted by atomic mass is 10.1. The van der Waals surface area contributed by atoms with E-state index < -0.39 is 12.0 Å². The Morgan fingerprint density at radius 3 is 2.45 bits per heavy atom. The molecule has 176 valence electrons. The highest BCUT2D eigenvalue weighted by Gasteiger charge is 2.40. The Bertz CT molecular complexity index is 982. The number of H-pyrrole nitrogens is 1. The van der Waals surface area contributed by atoms with Gasteiger partial charge >= 0.3 is 5.97 Å². The third kappa shape index (κ3) is 6.45. The number of nitrogens with one attached hydrogen (secondary N) is 1. The SMILES string of the molecule is CCCCN(CCCC)c1ccc(/C=C2\SC(=S)N(C(Cc3cnc[nH]3)C(=O)O)C2=O)cc1. The third-order valence-corrected chi connectivity index (χ3v) is 6.84. The van der Waals surface area contributed by atoms with Crippen LogP contribution < -0.4 is 4.90 Å². The van der Waals surface area contributed by atoms with E-state index in [1.165, 1.54) is 16.9 Å². The average Bonchev–Trinajstić information content (AvgIpc) is 3.41. The van der Waals surface area contributed by atoms with Crippen molar-refractivity contribution in [1.82, 2.24) is 14.9 Å². The number of aromatic nitrogens is 2. The molecule has 0 saturated carbocycles. The molecule has 0 radical (unpaired) electrons. The Morgan fingerprint density at radius 1 is 1.24 bits per heavy atom. The lowest BCUT2D eigenvalue weighted by Gasteiger charge is -2.24. The van der Waals surface area contributed by atoms with Crippen LogP contribution in [0.1, 0.15) is 50.8 Å². The fraction of sp³-hybridized carbons (Fsp3) is 0.417. The van der Waals surface area contributed by atoms with Crippen molar-refractivity contribution in [1.29, 1.82) is 0 Å². The molecule has 0 spiro atoms. The van der Waals surface area contributed by atoms with Gasteiger partial charge in [-0.15, -0.1) is 0 Å². The van der Waals surface area contributed by atoms with Crippen molar-refractivity contribution < 1.29 is 14.7 Å². The number of rotatable bonds is 12. The first-order valence-electron chi connectivity index (χ1n) is 11.3. The Kier molecular flexibility index (Phi) is 9.08. The number of thioether (sulfide) groups is 1. The first kappa shape index (κ1) is 25.0. The lowest BCUT2D eigenvalue weighted by Crippen LogP contribution is -2.45. The standard InChI is InChI=1S/C24H30N4O3S2/c1-3-5-11-27(12-6-4-2)19-9-7-17(8-10-19)13-21-22(29)28(24(32)33-21)20(23(30)31)14-18-15-25-16-26-18/h7-10,13,15-16,20H,3-6,11-12,14H2,1-2H3,(H,25,26)(H,30,31)/b21-13-. The molecule has 9 heteroatoms. The topological polar surface area (TPSA) is 89.5 Å². The van der Waals surface area contributed by atoms with E-state index in [0.717, 1.165) is 56.1 Å². The molecule has 1 aromatic carbocycles. The molecule has 0 bridgehead atoms. The zero-order chi connectivity index (χ0) is 23.8. The molecule has 2 heterocycles. The second-order valence-electron chi connectivity index (χ2n) is 7.97. The molecular formula is C24H30N4O3S2. The molecule has 2 N–H and O–H groups in total. The number of thiocarbonyl (C=S) groups is 1. The number of carbonyl (C=O) groups excluding carboxylic acids is 1.